The van der Waals surface area contributed by atoms with Crippen LogP contribution in [0, 0.1) is 5.82 Å². The molecule has 4 aromatic rings. The molecule has 170 valence electrons. The molecule has 0 bridgehead atoms. The van der Waals surface area contributed by atoms with Gasteiger partial charge in [0.25, 0.3) is 0 Å². The molecule has 1 unspecified atom stereocenters. The minimum absolute atomic E-state index is 0.223. The predicted molar refractivity (Wildman–Crippen MR) is 126 cm³/mol. The summed E-state index contributed by atoms with van der Waals surface area (Å²) in [4.78, 5) is 24.1. The number of aliphatic hydroxyl groups excluding tert-OH is 1. The standard InChI is InChI=1S/C26H22FN5O2/c27-20-4-2-18(3-5-20)19-12-31(13-19)24-10-28-9-23-22(24)7-8-30(26(23)34)14-21-15-32-11-17(16-33)1-6-25(32)29-21/h1-11,15-16,19,26,34H,12-14H2. The van der Waals surface area contributed by atoms with Crippen LogP contribution in [0.25, 0.3) is 11.7 Å². The zero-order valence-corrected chi connectivity index (χ0v) is 18.3. The number of aldehydes is 1. The van der Waals surface area contributed by atoms with Crippen molar-refractivity contribution < 1.29 is 14.3 Å². The van der Waals surface area contributed by atoms with Crippen LogP contribution in [0.15, 0.2) is 67.4 Å². The number of pyridine rings is 2. The van der Waals surface area contributed by atoms with Crippen molar-refractivity contribution in [1.29, 1.82) is 0 Å². The summed E-state index contributed by atoms with van der Waals surface area (Å²) in [7, 11) is 0. The third kappa shape index (κ3) is 3.52. The van der Waals surface area contributed by atoms with Crippen LogP contribution < -0.4 is 4.90 Å². The van der Waals surface area contributed by atoms with Gasteiger partial charge in [-0.1, -0.05) is 12.1 Å². The van der Waals surface area contributed by atoms with Crippen LogP contribution in [-0.2, 0) is 6.54 Å². The van der Waals surface area contributed by atoms with Crippen molar-refractivity contribution in [3.05, 3.63) is 101 Å². The number of anilines is 1. The number of aromatic nitrogens is 3. The van der Waals surface area contributed by atoms with Gasteiger partial charge in [0.2, 0.25) is 0 Å². The number of rotatable bonds is 5. The largest absolute Gasteiger partial charge is 0.369 e. The van der Waals surface area contributed by atoms with Crippen molar-refractivity contribution in [2.45, 2.75) is 18.7 Å². The fourth-order valence-corrected chi connectivity index (χ4v) is 4.70. The van der Waals surface area contributed by atoms with Gasteiger partial charge >= 0.3 is 0 Å². The molecule has 0 saturated carbocycles. The molecule has 2 aliphatic heterocycles. The first-order chi connectivity index (χ1) is 16.6. The van der Waals surface area contributed by atoms with Gasteiger partial charge in [-0.2, -0.15) is 0 Å². The summed E-state index contributed by atoms with van der Waals surface area (Å²) in [6.07, 6.45) is 11.0. The highest BCUT2D eigenvalue weighted by atomic mass is 19.1. The van der Waals surface area contributed by atoms with E-state index in [-0.39, 0.29) is 5.82 Å². The van der Waals surface area contributed by atoms with Crippen molar-refractivity contribution in [2.24, 2.45) is 0 Å². The summed E-state index contributed by atoms with van der Waals surface area (Å²) < 4.78 is 15.0. The molecular formula is C26H22FN5O2. The highest BCUT2D eigenvalue weighted by molar-refractivity contribution is 5.75. The summed E-state index contributed by atoms with van der Waals surface area (Å²) in [5.41, 5.74) is 5.93. The van der Waals surface area contributed by atoms with E-state index < -0.39 is 6.23 Å². The topological polar surface area (TPSA) is 74.0 Å². The molecule has 5 heterocycles. The molecule has 1 aromatic carbocycles. The van der Waals surface area contributed by atoms with E-state index in [1.54, 1.807) is 24.5 Å². The van der Waals surface area contributed by atoms with E-state index in [0.717, 1.165) is 53.1 Å². The van der Waals surface area contributed by atoms with E-state index in [0.29, 0.717) is 18.0 Å². The van der Waals surface area contributed by atoms with Gasteiger partial charge in [0.05, 0.1) is 24.1 Å². The van der Waals surface area contributed by atoms with E-state index in [9.17, 15) is 14.3 Å². The van der Waals surface area contributed by atoms with Crippen molar-refractivity contribution in [3.63, 3.8) is 0 Å². The Bertz CT molecular complexity index is 1410. The Morgan fingerprint density at radius 1 is 1.09 bits per heavy atom. The first kappa shape index (κ1) is 20.6. The lowest BCUT2D eigenvalue weighted by molar-refractivity contribution is 0.0287. The maximum Gasteiger partial charge on any atom is 0.155 e. The van der Waals surface area contributed by atoms with Crippen LogP contribution in [-0.4, -0.2) is 43.8 Å². The number of benzene rings is 1. The predicted octanol–water partition coefficient (Wildman–Crippen LogP) is 3.76. The van der Waals surface area contributed by atoms with E-state index in [2.05, 4.69) is 14.9 Å². The van der Waals surface area contributed by atoms with Gasteiger partial charge in [-0.15, -0.1) is 0 Å². The molecule has 8 heteroatoms. The van der Waals surface area contributed by atoms with Crippen LogP contribution in [0.3, 0.4) is 0 Å². The quantitative estimate of drug-likeness (QED) is 0.462. The van der Waals surface area contributed by atoms with Crippen molar-refractivity contribution >= 4 is 23.7 Å². The van der Waals surface area contributed by atoms with Crippen LogP contribution >= 0.6 is 0 Å². The number of carbonyl (C=O) groups excluding carboxylic acids is 1. The molecule has 3 aromatic heterocycles. The smallest absolute Gasteiger partial charge is 0.155 e. The minimum Gasteiger partial charge on any atom is -0.369 e. The summed E-state index contributed by atoms with van der Waals surface area (Å²) in [6.45, 7) is 2.05. The van der Waals surface area contributed by atoms with Gasteiger partial charge in [-0.3, -0.25) is 9.78 Å². The lowest BCUT2D eigenvalue weighted by Gasteiger charge is -2.43. The molecule has 1 saturated heterocycles. The Morgan fingerprint density at radius 3 is 2.71 bits per heavy atom. The van der Waals surface area contributed by atoms with Crippen molar-refractivity contribution in [3.8, 4) is 0 Å². The maximum atomic E-state index is 13.2. The van der Waals surface area contributed by atoms with Crippen LogP contribution in [0.4, 0.5) is 10.1 Å². The average Bonchev–Trinajstić information content (AvgIpc) is 3.23. The number of hydrogen-bond donors (Lipinski definition) is 1. The fourth-order valence-electron chi connectivity index (χ4n) is 4.70. The average molecular weight is 455 g/mol. The van der Waals surface area contributed by atoms with Gasteiger partial charge in [0.1, 0.15) is 11.5 Å². The molecule has 1 fully saturated rings. The molecule has 0 spiro atoms. The van der Waals surface area contributed by atoms with Crippen molar-refractivity contribution in [1.82, 2.24) is 19.3 Å². The summed E-state index contributed by atoms with van der Waals surface area (Å²) in [6, 6.07) is 10.2. The number of imidazole rings is 1. The number of hydrogen-bond acceptors (Lipinski definition) is 6. The lowest BCUT2D eigenvalue weighted by Crippen LogP contribution is -2.45. The highest BCUT2D eigenvalue weighted by Gasteiger charge is 2.32. The van der Waals surface area contributed by atoms with Crippen LogP contribution in [0.5, 0.6) is 0 Å². The number of halogens is 1. The van der Waals surface area contributed by atoms with Gasteiger partial charge < -0.3 is 19.3 Å². The molecular weight excluding hydrogens is 433 g/mol. The second-order valence-corrected chi connectivity index (χ2v) is 8.75. The number of aliphatic hydroxyl groups is 1. The minimum atomic E-state index is -0.850. The second-order valence-electron chi connectivity index (χ2n) is 8.75. The van der Waals surface area contributed by atoms with Crippen LogP contribution in [0.2, 0.25) is 0 Å². The molecule has 1 N–H and O–H groups in total. The number of fused-ring (bicyclic) bond motifs is 2. The maximum absolute atomic E-state index is 13.2. The van der Waals surface area contributed by atoms with Gasteiger partial charge in [0, 0.05) is 60.5 Å². The highest BCUT2D eigenvalue weighted by Crippen LogP contribution is 2.39. The second kappa shape index (κ2) is 8.07. The third-order valence-electron chi connectivity index (χ3n) is 6.59. The summed E-state index contributed by atoms with van der Waals surface area (Å²) in [5, 5.41) is 11.1. The Morgan fingerprint density at radius 2 is 1.91 bits per heavy atom. The Kier molecular flexibility index (Phi) is 4.88. The van der Waals surface area contributed by atoms with Gasteiger partial charge in [0.15, 0.2) is 12.5 Å². The zero-order chi connectivity index (χ0) is 23.2. The van der Waals surface area contributed by atoms with E-state index in [1.165, 1.54) is 12.1 Å². The Labute approximate surface area is 195 Å². The fraction of sp³-hybridized carbons (Fsp3) is 0.192. The summed E-state index contributed by atoms with van der Waals surface area (Å²) >= 11 is 0. The molecule has 1 atom stereocenters. The number of carbonyl (C=O) groups is 1. The first-order valence-electron chi connectivity index (χ1n) is 11.1. The molecule has 0 aliphatic carbocycles. The third-order valence-corrected chi connectivity index (χ3v) is 6.59. The molecule has 6 rings (SSSR count). The molecule has 7 nitrogen and oxygen atoms in total. The van der Waals surface area contributed by atoms with Gasteiger partial charge in [-0.25, -0.2) is 9.37 Å². The monoisotopic (exact) mass is 455 g/mol. The SMILES string of the molecule is O=Cc1ccc2nc(CN3C=Cc4c(cncc4N4CC(c5ccc(F)cc5)C4)C3O)cn2c1. The first-order valence-corrected chi connectivity index (χ1v) is 11.1. The van der Waals surface area contributed by atoms with Crippen molar-refractivity contribution in [2.75, 3.05) is 18.0 Å². The summed E-state index contributed by atoms with van der Waals surface area (Å²) in [5.74, 6) is 0.125. The molecule has 0 amide bonds. The van der Waals surface area contributed by atoms with Gasteiger partial charge in [-0.05, 0) is 35.9 Å². The molecule has 0 radical (unpaired) electrons. The van der Waals surface area contributed by atoms with E-state index >= 15 is 0 Å². The Balaban J connectivity index is 1.20. The van der Waals surface area contributed by atoms with E-state index in [1.807, 2.05) is 46.1 Å². The van der Waals surface area contributed by atoms with E-state index in [4.69, 9.17) is 0 Å². The lowest BCUT2D eigenvalue weighted by atomic mass is 9.90. The Hall–Kier alpha value is -4.04. The molecule has 2 aliphatic rings. The van der Waals surface area contributed by atoms with Crippen LogP contribution in [0.1, 0.15) is 44.9 Å². The zero-order valence-electron chi connectivity index (χ0n) is 18.3. The normalized spacial score (nSPS) is 17.6. The molecule has 34 heavy (non-hydrogen) atoms. The number of nitrogens with zero attached hydrogens (tertiary/aromatic N) is 5.